The van der Waals surface area contributed by atoms with Gasteiger partial charge in [0.25, 0.3) is 5.91 Å². The highest BCUT2D eigenvalue weighted by molar-refractivity contribution is 6.00. The molecule has 25 heavy (non-hydrogen) atoms. The number of halogens is 3. The first kappa shape index (κ1) is 18.1. The van der Waals surface area contributed by atoms with Crippen LogP contribution in [-0.4, -0.2) is 30.6 Å². The largest absolute Gasteiger partial charge is 0.507 e. The van der Waals surface area contributed by atoms with Crippen molar-refractivity contribution in [3.63, 3.8) is 0 Å². The fraction of sp³-hybridized carbons (Fsp3) is 0.125. The van der Waals surface area contributed by atoms with Gasteiger partial charge in [0, 0.05) is 6.07 Å². The Morgan fingerprint density at radius 3 is 2.48 bits per heavy atom. The number of hydrogen-bond donors (Lipinski definition) is 3. The Bertz CT molecular complexity index is 827. The molecule has 2 aromatic rings. The highest BCUT2D eigenvalue weighted by Gasteiger charge is 2.17. The highest BCUT2D eigenvalue weighted by Crippen LogP contribution is 2.23. The molecule has 0 aliphatic rings. The zero-order chi connectivity index (χ0) is 18.6. The molecular weight excluding hydrogens is 341 g/mol. The molecule has 0 radical (unpaired) electrons. The molecule has 3 N–H and O–H groups in total. The summed E-state index contributed by atoms with van der Waals surface area (Å²) in [6.07, 6.45) is 0. The third-order valence-electron chi connectivity index (χ3n) is 3.17. The zero-order valence-corrected chi connectivity index (χ0v) is 12.9. The predicted octanol–water partition coefficient (Wildman–Crippen LogP) is 2.19. The number of anilines is 1. The fourth-order valence-corrected chi connectivity index (χ4v) is 1.90. The van der Waals surface area contributed by atoms with Gasteiger partial charge in [0.1, 0.15) is 11.5 Å². The van der Waals surface area contributed by atoms with E-state index in [0.717, 1.165) is 6.07 Å². The maximum atomic E-state index is 13.4. The van der Waals surface area contributed by atoms with Gasteiger partial charge in [-0.05, 0) is 24.3 Å². The number of phenols is 1. The number of rotatable bonds is 5. The first-order valence-corrected chi connectivity index (χ1v) is 6.92. The van der Waals surface area contributed by atoms with Gasteiger partial charge in [-0.15, -0.1) is 0 Å². The van der Waals surface area contributed by atoms with Crippen LogP contribution in [0.25, 0.3) is 0 Å². The van der Waals surface area contributed by atoms with Crippen molar-refractivity contribution in [1.82, 2.24) is 5.32 Å². The second kappa shape index (κ2) is 7.56. The van der Waals surface area contributed by atoms with Gasteiger partial charge in [-0.25, -0.2) is 13.2 Å². The second-order valence-corrected chi connectivity index (χ2v) is 4.84. The minimum Gasteiger partial charge on any atom is -0.507 e. The van der Waals surface area contributed by atoms with Gasteiger partial charge in [-0.2, -0.15) is 0 Å². The van der Waals surface area contributed by atoms with Crippen molar-refractivity contribution < 1.29 is 32.6 Å². The monoisotopic (exact) mass is 354 g/mol. The van der Waals surface area contributed by atoms with Crippen molar-refractivity contribution in [1.29, 1.82) is 0 Å². The number of ether oxygens (including phenoxy) is 1. The zero-order valence-electron chi connectivity index (χ0n) is 12.9. The number of nitrogens with one attached hydrogen (secondary N) is 2. The van der Waals surface area contributed by atoms with E-state index in [1.807, 2.05) is 5.32 Å². The molecule has 2 aromatic carbocycles. The number of benzene rings is 2. The van der Waals surface area contributed by atoms with Crippen LogP contribution in [0.15, 0.2) is 30.3 Å². The molecule has 2 amide bonds. The van der Waals surface area contributed by atoms with Crippen molar-refractivity contribution in [3.8, 4) is 11.5 Å². The average molecular weight is 354 g/mol. The summed E-state index contributed by atoms with van der Waals surface area (Å²) in [5.74, 6) is -6.31. The van der Waals surface area contributed by atoms with Gasteiger partial charge in [-0.1, -0.05) is 0 Å². The van der Waals surface area contributed by atoms with E-state index in [4.69, 9.17) is 4.74 Å². The number of amides is 2. The molecule has 2 rings (SSSR count). The van der Waals surface area contributed by atoms with Crippen LogP contribution in [0.2, 0.25) is 0 Å². The summed E-state index contributed by atoms with van der Waals surface area (Å²) in [6.45, 7) is -0.581. The smallest absolute Gasteiger partial charge is 0.255 e. The standard InChI is InChI=1S/C16H13F3N2O4/c1-25-8-2-3-9(12(22)6-8)16(24)20-7-13(23)21-11-5-4-10(17)14(18)15(11)19/h2-6,22H,7H2,1H3,(H,20,24)(H,21,23). The Kier molecular flexibility index (Phi) is 5.48. The third kappa shape index (κ3) is 4.19. The molecule has 9 heteroatoms. The van der Waals surface area contributed by atoms with Crippen LogP contribution >= 0.6 is 0 Å². The molecule has 0 bridgehead atoms. The lowest BCUT2D eigenvalue weighted by Gasteiger charge is -2.10. The number of carbonyl (C=O) groups is 2. The van der Waals surface area contributed by atoms with Crippen molar-refractivity contribution >= 4 is 17.5 Å². The molecule has 0 saturated heterocycles. The molecule has 132 valence electrons. The summed E-state index contributed by atoms with van der Waals surface area (Å²) in [4.78, 5) is 23.6. The fourth-order valence-electron chi connectivity index (χ4n) is 1.90. The normalized spacial score (nSPS) is 10.2. The van der Waals surface area contributed by atoms with Crippen LogP contribution in [0.3, 0.4) is 0 Å². The molecule has 6 nitrogen and oxygen atoms in total. The molecule has 0 aromatic heterocycles. The molecule has 0 spiro atoms. The van der Waals surface area contributed by atoms with E-state index in [1.165, 1.54) is 25.3 Å². The predicted molar refractivity (Wildman–Crippen MR) is 81.9 cm³/mol. The van der Waals surface area contributed by atoms with Crippen molar-refractivity contribution in [2.75, 3.05) is 19.0 Å². The van der Waals surface area contributed by atoms with Gasteiger partial charge < -0.3 is 20.5 Å². The second-order valence-electron chi connectivity index (χ2n) is 4.84. The summed E-state index contributed by atoms with van der Waals surface area (Å²) in [7, 11) is 1.39. The molecule has 0 fully saturated rings. The quantitative estimate of drug-likeness (QED) is 0.719. The van der Waals surface area contributed by atoms with Gasteiger partial charge in [0.15, 0.2) is 17.5 Å². The van der Waals surface area contributed by atoms with E-state index in [1.54, 1.807) is 0 Å². The highest BCUT2D eigenvalue weighted by atomic mass is 19.2. The Labute approximate surface area is 140 Å². The summed E-state index contributed by atoms with van der Waals surface area (Å²) in [6, 6.07) is 5.44. The maximum absolute atomic E-state index is 13.4. The molecule has 0 aliphatic heterocycles. The number of hydrogen-bond acceptors (Lipinski definition) is 4. The Morgan fingerprint density at radius 1 is 1.12 bits per heavy atom. The lowest BCUT2D eigenvalue weighted by molar-refractivity contribution is -0.115. The van der Waals surface area contributed by atoms with E-state index in [2.05, 4.69) is 5.32 Å². The lowest BCUT2D eigenvalue weighted by atomic mass is 10.2. The maximum Gasteiger partial charge on any atom is 0.255 e. The van der Waals surface area contributed by atoms with Gasteiger partial charge in [0.05, 0.1) is 24.9 Å². The first-order chi connectivity index (χ1) is 11.8. The molecule has 0 heterocycles. The molecule has 0 atom stereocenters. The van der Waals surface area contributed by atoms with Crippen LogP contribution in [-0.2, 0) is 4.79 Å². The van der Waals surface area contributed by atoms with Crippen molar-refractivity contribution in [2.45, 2.75) is 0 Å². The topological polar surface area (TPSA) is 87.7 Å². The summed E-state index contributed by atoms with van der Waals surface area (Å²) in [5, 5.41) is 13.9. The van der Waals surface area contributed by atoms with Crippen LogP contribution in [0.1, 0.15) is 10.4 Å². The van der Waals surface area contributed by atoms with Gasteiger partial charge in [0.2, 0.25) is 5.91 Å². The van der Waals surface area contributed by atoms with Gasteiger partial charge in [-0.3, -0.25) is 9.59 Å². The minimum atomic E-state index is -1.72. The molecule has 0 saturated carbocycles. The molecular formula is C16H13F3N2O4. The molecule has 0 aliphatic carbocycles. The van der Waals surface area contributed by atoms with Crippen LogP contribution in [0.5, 0.6) is 11.5 Å². The number of methoxy groups -OCH3 is 1. The number of aromatic hydroxyl groups is 1. The van der Waals surface area contributed by atoms with Crippen molar-refractivity contribution in [3.05, 3.63) is 53.3 Å². The summed E-state index contributed by atoms with van der Waals surface area (Å²) >= 11 is 0. The average Bonchev–Trinajstić information content (AvgIpc) is 2.60. The Balaban J connectivity index is 1.98. The van der Waals surface area contributed by atoms with E-state index in [9.17, 15) is 27.9 Å². The third-order valence-corrected chi connectivity index (χ3v) is 3.17. The number of carbonyl (C=O) groups excluding carboxylic acids is 2. The van der Waals surface area contributed by atoms with E-state index in [-0.39, 0.29) is 11.3 Å². The summed E-state index contributed by atoms with van der Waals surface area (Å²) < 4.78 is 44.2. The van der Waals surface area contributed by atoms with E-state index >= 15 is 0 Å². The van der Waals surface area contributed by atoms with E-state index in [0.29, 0.717) is 11.8 Å². The van der Waals surface area contributed by atoms with Crippen molar-refractivity contribution in [2.24, 2.45) is 0 Å². The Morgan fingerprint density at radius 2 is 1.84 bits per heavy atom. The van der Waals surface area contributed by atoms with Gasteiger partial charge >= 0.3 is 0 Å². The SMILES string of the molecule is COc1ccc(C(=O)NCC(=O)Nc2ccc(F)c(F)c2F)c(O)c1. The minimum absolute atomic E-state index is 0.104. The molecule has 0 unspecified atom stereocenters. The van der Waals surface area contributed by atoms with Crippen LogP contribution in [0.4, 0.5) is 18.9 Å². The lowest BCUT2D eigenvalue weighted by Crippen LogP contribution is -2.33. The Hall–Kier alpha value is -3.23. The number of phenolic OH excluding ortho intramolecular Hbond substituents is 1. The van der Waals surface area contributed by atoms with Crippen LogP contribution < -0.4 is 15.4 Å². The summed E-state index contributed by atoms with van der Waals surface area (Å²) in [5.41, 5.74) is -0.668. The van der Waals surface area contributed by atoms with Crippen LogP contribution in [0, 0.1) is 17.5 Å². The van der Waals surface area contributed by atoms with E-state index < -0.39 is 41.5 Å². The first-order valence-electron chi connectivity index (χ1n) is 6.92.